The third kappa shape index (κ3) is 5.19. The van der Waals surface area contributed by atoms with Gasteiger partial charge in [-0.1, -0.05) is 44.2 Å². The second kappa shape index (κ2) is 10.1. The minimum Gasteiger partial charge on any atom is -0.478 e. The summed E-state index contributed by atoms with van der Waals surface area (Å²) >= 11 is 0. The average Bonchev–Trinajstić information content (AvgIpc) is 2.82. The quantitative estimate of drug-likeness (QED) is 0.255. The van der Waals surface area contributed by atoms with Gasteiger partial charge >= 0.3 is 5.97 Å². The number of carbonyl (C=O) groups excluding carboxylic acids is 2. The topological polar surface area (TPSA) is 159 Å². The van der Waals surface area contributed by atoms with Crippen LogP contribution in [0.4, 0.5) is 5.69 Å². The number of anilines is 1. The molecule has 8 nitrogen and oxygen atoms in total. The number of carboxylic acids is 1. The first kappa shape index (κ1) is 24.3. The summed E-state index contributed by atoms with van der Waals surface area (Å²) in [6.07, 6.45) is 0. The van der Waals surface area contributed by atoms with E-state index in [1.165, 1.54) is 6.07 Å². The lowest BCUT2D eigenvalue weighted by atomic mass is 9.90. The second-order valence-corrected chi connectivity index (χ2v) is 8.14. The van der Waals surface area contributed by atoms with E-state index in [9.17, 15) is 19.5 Å². The molecule has 0 heterocycles. The van der Waals surface area contributed by atoms with Crippen LogP contribution in [0.25, 0.3) is 11.1 Å². The lowest BCUT2D eigenvalue weighted by molar-refractivity contribution is -0.123. The van der Waals surface area contributed by atoms with Crippen molar-refractivity contribution in [3.05, 3.63) is 89.0 Å². The number of nitrogens with one attached hydrogen (secondary N) is 2. The molecule has 0 fully saturated rings. The Morgan fingerprint density at radius 1 is 0.912 bits per heavy atom. The number of benzene rings is 3. The molecule has 7 N–H and O–H groups in total. The standard InChI is InChI=1S/C26H26N4O4/c1-14(2)23(31)22(27)16-9-12-19(21(13-16)26(33)34)18-5-3-4-6-20(18)25(32)30-17-10-7-15(8-11-17)24(28)29/h3-14,22H,27H2,1-2H3,(H3,28,29)(H,30,32)(H,33,34). The first-order valence-electron chi connectivity index (χ1n) is 10.6. The number of ketones is 1. The van der Waals surface area contributed by atoms with Crippen LogP contribution in [-0.2, 0) is 4.79 Å². The highest BCUT2D eigenvalue weighted by Crippen LogP contribution is 2.30. The summed E-state index contributed by atoms with van der Waals surface area (Å²) in [6, 6.07) is 16.8. The number of nitrogen functional groups attached to an aromatic ring is 1. The largest absolute Gasteiger partial charge is 0.478 e. The molecule has 0 spiro atoms. The second-order valence-electron chi connectivity index (χ2n) is 8.14. The van der Waals surface area contributed by atoms with Gasteiger partial charge in [0.15, 0.2) is 5.78 Å². The van der Waals surface area contributed by atoms with E-state index >= 15 is 0 Å². The normalized spacial score (nSPS) is 11.6. The summed E-state index contributed by atoms with van der Waals surface area (Å²) in [4.78, 5) is 37.4. The van der Waals surface area contributed by atoms with Crippen LogP contribution in [0.1, 0.15) is 51.7 Å². The molecule has 0 aromatic heterocycles. The van der Waals surface area contributed by atoms with Crippen molar-refractivity contribution in [2.24, 2.45) is 17.4 Å². The molecule has 0 aliphatic rings. The summed E-state index contributed by atoms with van der Waals surface area (Å²) in [5, 5.41) is 20.1. The van der Waals surface area contributed by atoms with E-state index in [0.717, 1.165) is 0 Å². The number of Topliss-reactive ketones (excluding diaryl/α,β-unsaturated/α-hetero) is 1. The zero-order valence-corrected chi connectivity index (χ0v) is 18.8. The Morgan fingerprint density at radius 3 is 2.12 bits per heavy atom. The van der Waals surface area contributed by atoms with Crippen molar-refractivity contribution < 1.29 is 19.5 Å². The molecule has 0 saturated heterocycles. The first-order chi connectivity index (χ1) is 16.1. The highest BCUT2D eigenvalue weighted by Gasteiger charge is 2.23. The van der Waals surface area contributed by atoms with Crippen molar-refractivity contribution >= 4 is 29.2 Å². The summed E-state index contributed by atoms with van der Waals surface area (Å²) in [7, 11) is 0. The number of aromatic carboxylic acids is 1. The molecule has 174 valence electrons. The molecule has 1 unspecified atom stereocenters. The SMILES string of the molecule is CC(C)C(=O)C(N)c1ccc(-c2ccccc2C(=O)Nc2ccc(C(=N)N)cc2)c(C(=O)O)c1. The number of hydrogen-bond acceptors (Lipinski definition) is 5. The zero-order chi connectivity index (χ0) is 25.0. The first-order valence-corrected chi connectivity index (χ1v) is 10.6. The van der Waals surface area contributed by atoms with Gasteiger partial charge in [-0.3, -0.25) is 15.0 Å². The van der Waals surface area contributed by atoms with Crippen LogP contribution in [0.2, 0.25) is 0 Å². The smallest absolute Gasteiger partial charge is 0.336 e. The van der Waals surface area contributed by atoms with E-state index in [0.29, 0.717) is 27.9 Å². The highest BCUT2D eigenvalue weighted by molar-refractivity contribution is 6.10. The van der Waals surface area contributed by atoms with E-state index < -0.39 is 17.9 Å². The molecular formula is C26H26N4O4. The number of amidine groups is 1. The van der Waals surface area contributed by atoms with Crippen LogP contribution in [0, 0.1) is 11.3 Å². The van der Waals surface area contributed by atoms with Gasteiger partial charge in [-0.05, 0) is 53.1 Å². The van der Waals surface area contributed by atoms with Crippen molar-refractivity contribution in [1.82, 2.24) is 0 Å². The van der Waals surface area contributed by atoms with Gasteiger partial charge in [0.2, 0.25) is 0 Å². The fraction of sp³-hybridized carbons (Fsp3) is 0.154. The number of hydrogen-bond donors (Lipinski definition) is 5. The Labute approximate surface area is 197 Å². The molecule has 0 bridgehead atoms. The molecule has 0 aliphatic heterocycles. The summed E-state index contributed by atoms with van der Waals surface area (Å²) in [6.45, 7) is 3.47. The average molecular weight is 459 g/mol. The van der Waals surface area contributed by atoms with Gasteiger partial charge in [0.05, 0.1) is 11.6 Å². The van der Waals surface area contributed by atoms with Crippen LogP contribution < -0.4 is 16.8 Å². The van der Waals surface area contributed by atoms with Crippen molar-refractivity contribution in [2.45, 2.75) is 19.9 Å². The molecule has 3 aromatic rings. The van der Waals surface area contributed by atoms with Gasteiger partial charge in [0.1, 0.15) is 5.84 Å². The molecular weight excluding hydrogens is 432 g/mol. The Morgan fingerprint density at radius 2 is 1.53 bits per heavy atom. The molecule has 34 heavy (non-hydrogen) atoms. The maximum Gasteiger partial charge on any atom is 0.336 e. The fourth-order valence-corrected chi connectivity index (χ4v) is 3.54. The van der Waals surface area contributed by atoms with Gasteiger partial charge in [0, 0.05) is 22.7 Å². The van der Waals surface area contributed by atoms with Gasteiger partial charge < -0.3 is 21.9 Å². The third-order valence-electron chi connectivity index (χ3n) is 5.42. The predicted octanol–water partition coefficient (Wildman–Crippen LogP) is 3.81. The van der Waals surface area contributed by atoms with Crippen LogP contribution in [0.5, 0.6) is 0 Å². The maximum absolute atomic E-state index is 13.1. The lowest BCUT2D eigenvalue weighted by Gasteiger charge is -2.17. The monoisotopic (exact) mass is 458 g/mol. The molecule has 0 aliphatic carbocycles. The van der Waals surface area contributed by atoms with Crippen LogP contribution in [0.15, 0.2) is 66.7 Å². The van der Waals surface area contributed by atoms with Crippen molar-refractivity contribution in [3.8, 4) is 11.1 Å². The van der Waals surface area contributed by atoms with Gasteiger partial charge in [-0.2, -0.15) is 0 Å². The number of rotatable bonds is 8. The van der Waals surface area contributed by atoms with Gasteiger partial charge in [0.25, 0.3) is 5.91 Å². The lowest BCUT2D eigenvalue weighted by Crippen LogP contribution is -2.25. The minimum absolute atomic E-state index is 0.0597. The number of amides is 1. The van der Waals surface area contributed by atoms with E-state index in [1.54, 1.807) is 74.5 Å². The Kier molecular flexibility index (Phi) is 7.23. The zero-order valence-electron chi connectivity index (χ0n) is 18.8. The van der Waals surface area contributed by atoms with E-state index in [-0.39, 0.29) is 28.7 Å². The molecule has 1 amide bonds. The van der Waals surface area contributed by atoms with Crippen molar-refractivity contribution in [2.75, 3.05) is 5.32 Å². The predicted molar refractivity (Wildman–Crippen MR) is 131 cm³/mol. The Hall–Kier alpha value is -4.30. The summed E-state index contributed by atoms with van der Waals surface area (Å²) < 4.78 is 0. The summed E-state index contributed by atoms with van der Waals surface area (Å²) in [5.74, 6) is -2.20. The van der Waals surface area contributed by atoms with Gasteiger partial charge in [-0.25, -0.2) is 4.79 Å². The van der Waals surface area contributed by atoms with Gasteiger partial charge in [-0.15, -0.1) is 0 Å². The molecule has 8 heteroatoms. The van der Waals surface area contributed by atoms with Crippen LogP contribution in [-0.4, -0.2) is 28.6 Å². The van der Waals surface area contributed by atoms with E-state index in [4.69, 9.17) is 16.9 Å². The number of nitrogens with two attached hydrogens (primary N) is 2. The van der Waals surface area contributed by atoms with E-state index in [2.05, 4.69) is 5.32 Å². The third-order valence-corrected chi connectivity index (χ3v) is 5.42. The molecule has 0 radical (unpaired) electrons. The molecule has 3 aromatic carbocycles. The van der Waals surface area contributed by atoms with Crippen molar-refractivity contribution in [3.63, 3.8) is 0 Å². The molecule has 1 atom stereocenters. The van der Waals surface area contributed by atoms with Crippen LogP contribution in [0.3, 0.4) is 0 Å². The highest BCUT2D eigenvalue weighted by atomic mass is 16.4. The Bertz CT molecular complexity index is 1270. The van der Waals surface area contributed by atoms with Crippen LogP contribution >= 0.6 is 0 Å². The molecule has 0 saturated carbocycles. The fourth-order valence-electron chi connectivity index (χ4n) is 3.54. The maximum atomic E-state index is 13.1. The number of carboxylic acid groups (broad SMARTS) is 1. The molecule has 3 rings (SSSR count). The Balaban J connectivity index is 1.99. The number of carbonyl (C=O) groups is 3. The van der Waals surface area contributed by atoms with Crippen molar-refractivity contribution in [1.29, 1.82) is 5.41 Å². The summed E-state index contributed by atoms with van der Waals surface area (Å²) in [5.41, 5.74) is 13.9. The minimum atomic E-state index is -1.20. The van der Waals surface area contributed by atoms with E-state index in [1.807, 2.05) is 0 Å².